The van der Waals surface area contributed by atoms with Crippen LogP contribution in [0.3, 0.4) is 0 Å². The van der Waals surface area contributed by atoms with Gasteiger partial charge in [-0.3, -0.25) is 9.59 Å². The van der Waals surface area contributed by atoms with Crippen LogP contribution in [0.5, 0.6) is 5.75 Å². The normalized spacial score (nSPS) is 19.2. The van der Waals surface area contributed by atoms with Crippen LogP contribution in [-0.2, 0) is 16.6 Å². The van der Waals surface area contributed by atoms with Gasteiger partial charge < -0.3 is 24.4 Å². The first-order valence-electron chi connectivity index (χ1n) is 9.64. The molecule has 8 nitrogen and oxygen atoms in total. The van der Waals surface area contributed by atoms with E-state index in [1.807, 2.05) is 47.0 Å². The molecule has 1 N–H and O–H groups in total. The van der Waals surface area contributed by atoms with Crippen LogP contribution in [0.25, 0.3) is 0 Å². The number of benzene rings is 1. The van der Waals surface area contributed by atoms with Crippen LogP contribution in [0.15, 0.2) is 36.7 Å². The maximum absolute atomic E-state index is 12.8. The summed E-state index contributed by atoms with van der Waals surface area (Å²) in [5, 5.41) is 3.33. The Morgan fingerprint density at radius 1 is 1.28 bits per heavy atom. The van der Waals surface area contributed by atoms with Crippen molar-refractivity contribution in [3.63, 3.8) is 0 Å². The largest absolute Gasteiger partial charge is 0.484 e. The summed E-state index contributed by atoms with van der Waals surface area (Å²) < 4.78 is 7.66. The molecule has 3 heterocycles. The molecule has 0 aliphatic carbocycles. The molecule has 9 heteroatoms. The van der Waals surface area contributed by atoms with Gasteiger partial charge in [-0.15, -0.1) is 12.4 Å². The molecule has 2 saturated heterocycles. The Morgan fingerprint density at radius 2 is 2.07 bits per heavy atom. The minimum atomic E-state index is -0.103. The number of ether oxygens (including phenoxy) is 1. The highest BCUT2D eigenvalue weighted by molar-refractivity contribution is 5.95. The lowest BCUT2D eigenvalue weighted by Gasteiger charge is -2.35. The van der Waals surface area contributed by atoms with Gasteiger partial charge in [-0.2, -0.15) is 0 Å². The number of rotatable bonds is 5. The van der Waals surface area contributed by atoms with Crippen LogP contribution in [0, 0.1) is 0 Å². The van der Waals surface area contributed by atoms with Crippen molar-refractivity contribution in [1.29, 1.82) is 0 Å². The van der Waals surface area contributed by atoms with Crippen molar-refractivity contribution in [1.82, 2.24) is 19.8 Å². The van der Waals surface area contributed by atoms with Gasteiger partial charge in [0.05, 0.1) is 0 Å². The van der Waals surface area contributed by atoms with Gasteiger partial charge in [-0.05, 0) is 30.7 Å². The van der Waals surface area contributed by atoms with Crippen LogP contribution in [0.1, 0.15) is 24.7 Å². The van der Waals surface area contributed by atoms with Crippen molar-refractivity contribution < 1.29 is 14.3 Å². The van der Waals surface area contributed by atoms with Crippen LogP contribution >= 0.6 is 12.4 Å². The van der Waals surface area contributed by atoms with Gasteiger partial charge in [0.2, 0.25) is 5.91 Å². The molecule has 156 valence electrons. The van der Waals surface area contributed by atoms with E-state index in [1.54, 1.807) is 11.1 Å². The summed E-state index contributed by atoms with van der Waals surface area (Å²) in [6.07, 6.45) is 5.13. The molecular formula is C20H26ClN5O3. The molecule has 1 aromatic carbocycles. The van der Waals surface area contributed by atoms with Gasteiger partial charge in [0, 0.05) is 57.7 Å². The van der Waals surface area contributed by atoms with Crippen LogP contribution < -0.4 is 15.0 Å². The Bertz CT molecular complexity index is 854. The highest BCUT2D eigenvalue weighted by atomic mass is 35.5. The Morgan fingerprint density at radius 3 is 2.72 bits per heavy atom. The van der Waals surface area contributed by atoms with Gasteiger partial charge in [0.1, 0.15) is 17.6 Å². The van der Waals surface area contributed by atoms with Gasteiger partial charge in [0.25, 0.3) is 5.91 Å². The number of anilines is 1. The highest BCUT2D eigenvalue weighted by Crippen LogP contribution is 2.24. The van der Waals surface area contributed by atoms with Crippen LogP contribution in [0.4, 0.5) is 5.69 Å². The molecule has 2 aromatic rings. The molecule has 0 saturated carbocycles. The SMILES string of the molecule is Cl.Cn1ccnc1C1CNCCN1C(=O)COc1ccc(N2CCCC2=O)cc1. The number of aryl methyl sites for hydroxylation is 1. The highest BCUT2D eigenvalue weighted by Gasteiger charge is 2.30. The zero-order valence-electron chi connectivity index (χ0n) is 16.4. The molecule has 2 aliphatic heterocycles. The predicted molar refractivity (Wildman–Crippen MR) is 111 cm³/mol. The van der Waals surface area contributed by atoms with E-state index in [4.69, 9.17) is 4.74 Å². The van der Waals surface area contributed by atoms with E-state index in [1.165, 1.54) is 0 Å². The summed E-state index contributed by atoms with van der Waals surface area (Å²) >= 11 is 0. The molecule has 1 aromatic heterocycles. The van der Waals surface area contributed by atoms with Crippen molar-refractivity contribution in [2.75, 3.05) is 37.7 Å². The number of aromatic nitrogens is 2. The Hall–Kier alpha value is -2.58. The number of hydrogen-bond donors (Lipinski definition) is 1. The average molecular weight is 420 g/mol. The lowest BCUT2D eigenvalue weighted by atomic mass is 10.1. The number of nitrogens with one attached hydrogen (secondary N) is 1. The van der Waals surface area contributed by atoms with Gasteiger partial charge in [-0.1, -0.05) is 0 Å². The Kier molecular flexibility index (Phi) is 6.76. The van der Waals surface area contributed by atoms with E-state index in [2.05, 4.69) is 10.3 Å². The number of hydrogen-bond acceptors (Lipinski definition) is 5. The first-order chi connectivity index (χ1) is 13.6. The first-order valence-corrected chi connectivity index (χ1v) is 9.64. The topological polar surface area (TPSA) is 79.7 Å². The minimum absolute atomic E-state index is 0. The number of amides is 2. The summed E-state index contributed by atoms with van der Waals surface area (Å²) in [5.41, 5.74) is 0.873. The zero-order chi connectivity index (χ0) is 19.5. The fourth-order valence-electron chi connectivity index (χ4n) is 3.80. The molecule has 0 bridgehead atoms. The van der Waals surface area contributed by atoms with Crippen molar-refractivity contribution in [2.45, 2.75) is 18.9 Å². The van der Waals surface area contributed by atoms with E-state index < -0.39 is 0 Å². The standard InChI is InChI=1S/C20H25N5O3.ClH/c1-23-11-9-22-20(23)17-13-21-8-12-25(17)19(27)14-28-16-6-4-15(5-7-16)24-10-2-3-18(24)26;/h4-7,9,11,17,21H,2-3,8,10,12-14H2,1H3;1H. The maximum Gasteiger partial charge on any atom is 0.261 e. The van der Waals surface area contributed by atoms with E-state index >= 15 is 0 Å². The van der Waals surface area contributed by atoms with Crippen molar-refractivity contribution >= 4 is 29.9 Å². The zero-order valence-corrected chi connectivity index (χ0v) is 17.2. The summed E-state index contributed by atoms with van der Waals surface area (Å²) in [6.45, 7) is 2.79. The van der Waals surface area contributed by atoms with E-state index in [0.29, 0.717) is 25.3 Å². The van der Waals surface area contributed by atoms with E-state index in [0.717, 1.165) is 31.0 Å². The molecule has 2 fully saturated rings. The third kappa shape index (κ3) is 4.54. The molecule has 2 aliphatic rings. The monoisotopic (exact) mass is 419 g/mol. The second kappa shape index (κ2) is 9.28. The third-order valence-corrected chi connectivity index (χ3v) is 5.30. The molecular weight excluding hydrogens is 394 g/mol. The van der Waals surface area contributed by atoms with Crippen LogP contribution in [0.2, 0.25) is 0 Å². The Balaban J connectivity index is 0.00000240. The quantitative estimate of drug-likeness (QED) is 0.794. The van der Waals surface area contributed by atoms with Crippen molar-refractivity contribution in [2.24, 2.45) is 7.05 Å². The molecule has 29 heavy (non-hydrogen) atoms. The van der Waals surface area contributed by atoms with E-state index in [9.17, 15) is 9.59 Å². The molecule has 0 spiro atoms. The van der Waals surface area contributed by atoms with Gasteiger partial charge in [-0.25, -0.2) is 4.98 Å². The van der Waals surface area contributed by atoms with Gasteiger partial charge >= 0.3 is 0 Å². The van der Waals surface area contributed by atoms with E-state index in [-0.39, 0.29) is 36.9 Å². The first kappa shape index (κ1) is 21.1. The smallest absolute Gasteiger partial charge is 0.261 e. The third-order valence-electron chi connectivity index (χ3n) is 5.30. The summed E-state index contributed by atoms with van der Waals surface area (Å²) in [4.78, 5) is 32.6. The number of carbonyl (C=O) groups is 2. The maximum atomic E-state index is 12.8. The second-order valence-corrected chi connectivity index (χ2v) is 7.13. The summed E-state index contributed by atoms with van der Waals surface area (Å²) in [6, 6.07) is 7.24. The number of halogens is 1. The second-order valence-electron chi connectivity index (χ2n) is 7.13. The lowest BCUT2D eigenvalue weighted by Crippen LogP contribution is -2.50. The minimum Gasteiger partial charge on any atom is -0.484 e. The van der Waals surface area contributed by atoms with Crippen LogP contribution in [-0.4, -0.2) is 59.1 Å². The Labute approximate surface area is 176 Å². The van der Waals surface area contributed by atoms with Crippen molar-refractivity contribution in [3.05, 3.63) is 42.5 Å². The molecule has 2 amide bonds. The number of nitrogens with zero attached hydrogens (tertiary/aromatic N) is 4. The number of piperazine rings is 1. The molecule has 1 atom stereocenters. The van der Waals surface area contributed by atoms with Gasteiger partial charge in [0.15, 0.2) is 6.61 Å². The fourth-order valence-corrected chi connectivity index (χ4v) is 3.80. The fraction of sp³-hybridized carbons (Fsp3) is 0.450. The molecule has 0 radical (unpaired) electrons. The average Bonchev–Trinajstić information content (AvgIpc) is 3.34. The van der Waals surface area contributed by atoms with Crippen molar-refractivity contribution in [3.8, 4) is 5.75 Å². The molecule has 4 rings (SSSR count). The summed E-state index contributed by atoms with van der Waals surface area (Å²) in [7, 11) is 1.93. The lowest BCUT2D eigenvalue weighted by molar-refractivity contribution is -0.137. The predicted octanol–water partition coefficient (Wildman–Crippen LogP) is 1.52. The number of imidazole rings is 1. The molecule has 1 unspecified atom stereocenters. The summed E-state index contributed by atoms with van der Waals surface area (Å²) in [5.74, 6) is 1.57. The number of carbonyl (C=O) groups excluding carboxylic acids is 2.